The molecule has 7 aliphatic carbocycles. The largest absolute Gasteiger partial charge is 0.381 e. The first kappa shape index (κ1) is 73.0. The van der Waals surface area contributed by atoms with Gasteiger partial charge in [-0.2, -0.15) is 0 Å². The molecule has 0 radical (unpaired) electrons. The molecule has 0 aromatic heterocycles. The highest BCUT2D eigenvalue weighted by Gasteiger charge is 2.32. The number of ether oxygens (including phenoxy) is 1. The molecule has 0 aromatic rings. The maximum absolute atomic E-state index is 5.41. The second kappa shape index (κ2) is 34.4. The zero-order valence-corrected chi connectivity index (χ0v) is 57.1. The Morgan fingerprint density at radius 2 is 0.320 bits per heavy atom. The molecule has 1 unspecified atom stereocenters. The van der Waals surface area contributed by atoms with Gasteiger partial charge in [0, 0.05) is 13.2 Å². The van der Waals surface area contributed by atoms with Crippen molar-refractivity contribution >= 4 is 0 Å². The van der Waals surface area contributed by atoms with E-state index in [2.05, 4.69) is 166 Å². The van der Waals surface area contributed by atoms with E-state index < -0.39 is 0 Å². The fraction of sp³-hybridized carbons (Fsp3) is 1.00. The fourth-order valence-electron chi connectivity index (χ4n) is 13.6. The summed E-state index contributed by atoms with van der Waals surface area (Å²) in [6, 6.07) is 0. The minimum Gasteiger partial charge on any atom is -0.381 e. The summed E-state index contributed by atoms with van der Waals surface area (Å²) in [7, 11) is 0. The SMILES string of the molecule is CC(C)(C)C1CCC1.CC(C)(C)C1CCC1.CC(C)(C)C1CCCC1.CC(C)(C)C1CCCC1.CC(C)(C)C1CCCCC1.CC(C)(C)C1CCCCC1.CC(C)(C)C1CCCCCC1.CC(C)(C)C1CCCOC1. The summed E-state index contributed by atoms with van der Waals surface area (Å²) in [6.45, 7) is 58.5. The molecule has 0 bridgehead atoms. The highest BCUT2D eigenvalue weighted by molar-refractivity contribution is 4.83. The minimum absolute atomic E-state index is 0.445. The molecule has 1 aliphatic heterocycles. The van der Waals surface area contributed by atoms with Gasteiger partial charge in [0.2, 0.25) is 0 Å². The number of hydrogen-bond donors (Lipinski definition) is 0. The van der Waals surface area contributed by atoms with E-state index in [0.29, 0.717) is 43.3 Å². The van der Waals surface area contributed by atoms with Crippen LogP contribution in [0.4, 0.5) is 0 Å². The lowest BCUT2D eigenvalue weighted by Gasteiger charge is -2.37. The highest BCUT2D eigenvalue weighted by Crippen LogP contribution is 2.44. The van der Waals surface area contributed by atoms with Gasteiger partial charge in [0.15, 0.2) is 0 Å². The van der Waals surface area contributed by atoms with Crippen molar-refractivity contribution in [3.8, 4) is 0 Å². The van der Waals surface area contributed by atoms with Crippen molar-refractivity contribution in [3.63, 3.8) is 0 Å². The van der Waals surface area contributed by atoms with Gasteiger partial charge in [-0.3, -0.25) is 0 Å². The summed E-state index contributed by atoms with van der Waals surface area (Å²) in [5.41, 5.74) is 4.50. The van der Waals surface area contributed by atoms with Gasteiger partial charge in [-0.05, 0) is 193 Å². The lowest BCUT2D eigenvalue weighted by atomic mass is 9.69. The lowest BCUT2D eigenvalue weighted by molar-refractivity contribution is 0.0103. The predicted molar refractivity (Wildman–Crippen MR) is 342 cm³/mol. The Morgan fingerprint density at radius 1 is 0.173 bits per heavy atom. The van der Waals surface area contributed by atoms with Crippen LogP contribution in [0.15, 0.2) is 0 Å². The first-order chi connectivity index (χ1) is 34.3. The van der Waals surface area contributed by atoms with Gasteiger partial charge in [0.1, 0.15) is 0 Å². The van der Waals surface area contributed by atoms with E-state index in [0.717, 1.165) is 60.6 Å². The van der Waals surface area contributed by atoms with Crippen LogP contribution in [0.5, 0.6) is 0 Å². The molecule has 75 heavy (non-hydrogen) atoms. The molecule has 0 amide bonds. The van der Waals surface area contributed by atoms with Gasteiger partial charge in [-0.25, -0.2) is 0 Å². The van der Waals surface area contributed by atoms with Gasteiger partial charge >= 0.3 is 0 Å². The summed E-state index contributed by atoms with van der Waals surface area (Å²) >= 11 is 0. The van der Waals surface area contributed by atoms with Crippen LogP contribution in [-0.4, -0.2) is 13.2 Å². The smallest absolute Gasteiger partial charge is 0.0499 e. The molecule has 0 spiro atoms. The standard InChI is InChI=1S/C11H22.2C10H20.C9H18O.2C9H18.2C8H16/c1-11(2,3)10-8-6-4-5-7-9-10;2*1-10(2,3)9-7-5-4-6-8-9;1-9(2,3)8-5-4-6-10-7-8;2*1-9(2,3)8-6-4-5-7-8;2*1-8(2,3)7-5-4-6-7/h10H,4-9H2,1-3H3;2*9H,4-8H2,1-3H3;8H,4-7H2,1-3H3;2*8H,4-7H2,1-3H3;2*7H,4-6H2,1-3H3. The number of hydrogen-bond acceptors (Lipinski definition) is 1. The third-order valence-corrected chi connectivity index (χ3v) is 20.9. The van der Waals surface area contributed by atoms with E-state index in [1.807, 2.05) is 0 Å². The zero-order chi connectivity index (χ0) is 57.4. The third kappa shape index (κ3) is 33.5. The lowest BCUT2D eigenvalue weighted by Crippen LogP contribution is -2.29. The molecule has 1 heteroatoms. The summed E-state index contributed by atoms with van der Waals surface area (Å²) in [5, 5.41) is 0. The molecule has 1 atom stereocenters. The van der Waals surface area contributed by atoms with Gasteiger partial charge < -0.3 is 4.74 Å². The van der Waals surface area contributed by atoms with Crippen molar-refractivity contribution in [2.45, 2.75) is 372 Å². The van der Waals surface area contributed by atoms with E-state index in [9.17, 15) is 0 Å². The Balaban J connectivity index is 0.000000429. The summed E-state index contributed by atoms with van der Waals surface area (Å²) < 4.78 is 5.41. The Bertz CT molecular complexity index is 1210. The molecule has 1 nitrogen and oxygen atoms in total. The van der Waals surface area contributed by atoms with Crippen LogP contribution < -0.4 is 0 Å². The molecule has 1 heterocycles. The van der Waals surface area contributed by atoms with Crippen LogP contribution in [0.2, 0.25) is 0 Å². The molecular formula is C74H148O. The van der Waals surface area contributed by atoms with Crippen molar-refractivity contribution in [1.29, 1.82) is 0 Å². The van der Waals surface area contributed by atoms with Crippen LogP contribution in [0, 0.1) is 90.7 Å². The topological polar surface area (TPSA) is 9.23 Å². The summed E-state index contributed by atoms with van der Waals surface area (Å²) in [6.07, 6.45) is 46.9. The van der Waals surface area contributed by atoms with Gasteiger partial charge in [0.25, 0.3) is 0 Å². The van der Waals surface area contributed by atoms with Crippen LogP contribution in [0.1, 0.15) is 372 Å². The van der Waals surface area contributed by atoms with E-state index in [4.69, 9.17) is 4.74 Å². The van der Waals surface area contributed by atoms with E-state index in [1.54, 1.807) is 0 Å². The molecular weight excluding hydrogens is 905 g/mol. The third-order valence-electron chi connectivity index (χ3n) is 20.9. The predicted octanol–water partition coefficient (Wildman–Crippen LogP) is 25.8. The van der Waals surface area contributed by atoms with E-state index >= 15 is 0 Å². The Morgan fingerprint density at radius 3 is 0.440 bits per heavy atom. The molecule has 0 N–H and O–H groups in total. The normalized spacial score (nSPS) is 23.8. The maximum Gasteiger partial charge on any atom is 0.0499 e. The first-order valence-corrected chi connectivity index (χ1v) is 33.9. The van der Waals surface area contributed by atoms with E-state index in [1.165, 1.54) is 205 Å². The maximum atomic E-state index is 5.41. The second-order valence-corrected chi connectivity index (χ2v) is 35.4. The van der Waals surface area contributed by atoms with Crippen molar-refractivity contribution in [3.05, 3.63) is 0 Å². The Hall–Kier alpha value is -0.0400. The molecule has 0 aromatic carbocycles. The molecule has 8 aliphatic rings. The molecule has 7 saturated carbocycles. The van der Waals surface area contributed by atoms with Crippen LogP contribution in [0.25, 0.3) is 0 Å². The van der Waals surface area contributed by atoms with Crippen molar-refractivity contribution < 1.29 is 4.74 Å². The van der Waals surface area contributed by atoms with Crippen molar-refractivity contribution in [2.24, 2.45) is 90.7 Å². The van der Waals surface area contributed by atoms with Crippen LogP contribution in [-0.2, 0) is 4.74 Å². The van der Waals surface area contributed by atoms with Gasteiger partial charge in [-0.15, -0.1) is 0 Å². The fourth-order valence-corrected chi connectivity index (χ4v) is 13.6. The van der Waals surface area contributed by atoms with Crippen LogP contribution >= 0.6 is 0 Å². The first-order valence-electron chi connectivity index (χ1n) is 33.9. The molecule has 1 saturated heterocycles. The summed E-state index contributed by atoms with van der Waals surface area (Å²) in [4.78, 5) is 0. The number of rotatable bonds is 0. The van der Waals surface area contributed by atoms with Crippen LogP contribution in [0.3, 0.4) is 0 Å². The molecule has 8 fully saturated rings. The minimum atomic E-state index is 0.445. The van der Waals surface area contributed by atoms with Crippen molar-refractivity contribution in [1.82, 2.24) is 0 Å². The average Bonchev–Trinajstić information content (AvgIpc) is 3.95. The average molecular weight is 1050 g/mol. The Labute approximate surface area is 477 Å². The zero-order valence-electron chi connectivity index (χ0n) is 57.1. The van der Waals surface area contributed by atoms with Crippen molar-refractivity contribution in [2.75, 3.05) is 13.2 Å². The monoisotopic (exact) mass is 1050 g/mol. The second-order valence-electron chi connectivity index (χ2n) is 35.4. The summed E-state index contributed by atoms with van der Waals surface area (Å²) in [5.74, 6) is 7.86. The quantitative estimate of drug-likeness (QED) is 0.220. The molecule has 450 valence electrons. The van der Waals surface area contributed by atoms with Gasteiger partial charge in [-0.1, -0.05) is 269 Å². The molecule has 8 rings (SSSR count). The Kier molecular flexibility index (Phi) is 33.5. The van der Waals surface area contributed by atoms with Gasteiger partial charge in [0.05, 0.1) is 0 Å². The van der Waals surface area contributed by atoms with E-state index in [-0.39, 0.29) is 0 Å². The highest BCUT2D eigenvalue weighted by atomic mass is 16.5.